The lowest BCUT2D eigenvalue weighted by Crippen LogP contribution is -2.15. The third-order valence-corrected chi connectivity index (χ3v) is 5.36. The van der Waals surface area contributed by atoms with Gasteiger partial charge in [-0.25, -0.2) is 4.79 Å². The normalized spacial score (nSPS) is 13.0. The number of aromatic carboxylic acids is 1. The summed E-state index contributed by atoms with van der Waals surface area (Å²) in [6.07, 6.45) is 7.21. The lowest BCUT2D eigenvalue weighted by molar-refractivity contribution is -0.139. The summed E-state index contributed by atoms with van der Waals surface area (Å²) in [5, 5.41) is 20.2. The van der Waals surface area contributed by atoms with E-state index in [2.05, 4.69) is 27.3 Å². The minimum absolute atomic E-state index is 0.259. The zero-order valence-electron chi connectivity index (χ0n) is 19.8. The van der Waals surface area contributed by atoms with Gasteiger partial charge in [-0.05, 0) is 72.3 Å². The number of nitrogens with one attached hydrogen (secondary N) is 1. The van der Waals surface area contributed by atoms with Crippen LogP contribution in [0.5, 0.6) is 0 Å². The van der Waals surface area contributed by atoms with Crippen molar-refractivity contribution in [2.45, 2.75) is 6.42 Å². The maximum atomic E-state index is 11.0. The van der Waals surface area contributed by atoms with E-state index in [1.54, 1.807) is 54.7 Å². The molecule has 1 aliphatic rings. The Morgan fingerprint density at radius 1 is 0.973 bits per heavy atom. The molecule has 0 saturated heterocycles. The number of benzene rings is 3. The zero-order valence-corrected chi connectivity index (χ0v) is 20.6. The first-order chi connectivity index (χ1) is 17.7. The van der Waals surface area contributed by atoms with Gasteiger partial charge in [0.2, 0.25) is 5.91 Å². The van der Waals surface area contributed by atoms with Gasteiger partial charge in [0.25, 0.3) is 0 Å². The molecule has 1 aliphatic heterocycles. The van der Waals surface area contributed by atoms with E-state index >= 15 is 0 Å². The van der Waals surface area contributed by atoms with Crippen LogP contribution in [0.3, 0.4) is 0 Å². The largest absolute Gasteiger partial charge is 0.481 e. The molecule has 0 fully saturated rings. The second-order valence-electron chi connectivity index (χ2n) is 7.82. The molecular weight excluding hydrogens is 494 g/mol. The van der Waals surface area contributed by atoms with Crippen LogP contribution < -0.4 is 10.2 Å². The number of anilines is 2. The van der Waals surface area contributed by atoms with E-state index in [4.69, 9.17) is 21.8 Å². The Morgan fingerprint density at radius 3 is 2.30 bits per heavy atom. The van der Waals surface area contributed by atoms with Gasteiger partial charge in [-0.15, -0.1) is 0 Å². The molecule has 0 saturated carbocycles. The number of carbonyl (C=O) groups excluding carboxylic acids is 1. The minimum Gasteiger partial charge on any atom is -0.481 e. The van der Waals surface area contributed by atoms with Crippen LogP contribution >= 0.6 is 11.6 Å². The molecular formula is C28H24ClN3O5. The number of aliphatic carboxylic acids is 1. The van der Waals surface area contributed by atoms with Crippen LogP contribution in [0.4, 0.5) is 17.1 Å². The van der Waals surface area contributed by atoms with Gasteiger partial charge in [-0.1, -0.05) is 29.8 Å². The number of amides is 1. The first-order valence-electron chi connectivity index (χ1n) is 11.1. The number of halogens is 1. The Kier molecular flexibility index (Phi) is 9.35. The summed E-state index contributed by atoms with van der Waals surface area (Å²) in [5.41, 5.74) is 4.91. The molecule has 0 radical (unpaired) electrons. The first kappa shape index (κ1) is 26.9. The summed E-state index contributed by atoms with van der Waals surface area (Å²) in [6.45, 7) is 0. The SMILES string of the molecule is CN1C=CC(=CC=Nc2ccc(C(=O)O)cc2)c2ccccc21.O=C(O)CC(=O)Nc1ccc(Cl)cc1. The van der Waals surface area contributed by atoms with E-state index in [9.17, 15) is 14.4 Å². The zero-order chi connectivity index (χ0) is 26.8. The molecule has 0 atom stereocenters. The first-order valence-corrected chi connectivity index (χ1v) is 11.5. The molecule has 9 heteroatoms. The number of carboxylic acid groups (broad SMARTS) is 2. The van der Waals surface area contributed by atoms with E-state index in [0.29, 0.717) is 10.7 Å². The van der Waals surface area contributed by atoms with Crippen LogP contribution in [0.1, 0.15) is 22.3 Å². The van der Waals surface area contributed by atoms with Gasteiger partial charge in [0.05, 0.1) is 11.3 Å². The summed E-state index contributed by atoms with van der Waals surface area (Å²) < 4.78 is 0. The number of carboxylic acids is 2. The standard InChI is InChI=1S/C19H16N2O2.C9H8ClNO3/c1-21-13-11-14(17-4-2-3-5-18(17)21)10-12-20-16-8-6-15(7-9-16)19(22)23;10-6-1-3-7(4-2-6)11-8(12)5-9(13)14/h2-13H,1H3,(H,22,23);1-4H,5H2,(H,11,12)(H,13,14). The Morgan fingerprint density at radius 2 is 1.65 bits per heavy atom. The van der Waals surface area contributed by atoms with Crippen LogP contribution in [0, 0.1) is 0 Å². The lowest BCUT2D eigenvalue weighted by Gasteiger charge is -2.23. The van der Waals surface area contributed by atoms with Crippen molar-refractivity contribution in [1.82, 2.24) is 0 Å². The fourth-order valence-corrected chi connectivity index (χ4v) is 3.43. The fourth-order valence-electron chi connectivity index (χ4n) is 3.30. The number of nitrogens with zero attached hydrogens (tertiary/aromatic N) is 2. The molecule has 3 aromatic rings. The molecule has 8 nitrogen and oxygen atoms in total. The maximum absolute atomic E-state index is 11.0. The van der Waals surface area contributed by atoms with Crippen molar-refractivity contribution in [3.8, 4) is 0 Å². The third kappa shape index (κ3) is 8.19. The Bertz CT molecular complexity index is 1360. The molecule has 3 aromatic carbocycles. The number of rotatable bonds is 6. The van der Waals surface area contributed by atoms with Crippen LogP contribution in [0.25, 0.3) is 5.57 Å². The molecule has 0 bridgehead atoms. The predicted octanol–water partition coefficient (Wildman–Crippen LogP) is 5.89. The molecule has 4 rings (SSSR count). The number of fused-ring (bicyclic) bond motifs is 1. The molecule has 0 aromatic heterocycles. The van der Waals surface area contributed by atoms with Crippen LogP contribution in [0.15, 0.2) is 96.1 Å². The summed E-state index contributed by atoms with van der Waals surface area (Å²) in [7, 11) is 2.02. The third-order valence-electron chi connectivity index (χ3n) is 5.10. The smallest absolute Gasteiger partial charge is 0.335 e. The van der Waals surface area contributed by atoms with Crippen LogP contribution in [-0.4, -0.2) is 41.3 Å². The quantitative estimate of drug-likeness (QED) is 0.277. The highest BCUT2D eigenvalue weighted by Crippen LogP contribution is 2.31. The van der Waals surface area contributed by atoms with E-state index in [1.165, 1.54) is 0 Å². The van der Waals surface area contributed by atoms with E-state index < -0.39 is 24.3 Å². The summed E-state index contributed by atoms with van der Waals surface area (Å²) >= 11 is 5.63. The number of aliphatic imine (C=N–C) groups is 1. The van der Waals surface area contributed by atoms with Crippen molar-refractivity contribution in [3.05, 3.63) is 107 Å². The molecule has 0 unspecified atom stereocenters. The van der Waals surface area contributed by atoms with Gasteiger partial charge in [-0.3, -0.25) is 14.6 Å². The molecule has 37 heavy (non-hydrogen) atoms. The van der Waals surface area contributed by atoms with Crippen molar-refractivity contribution in [2.75, 3.05) is 17.3 Å². The molecule has 0 spiro atoms. The molecule has 1 heterocycles. The van der Waals surface area contributed by atoms with Gasteiger partial charge < -0.3 is 20.4 Å². The Hall–Kier alpha value is -4.69. The molecule has 188 valence electrons. The number of hydrogen-bond acceptors (Lipinski definition) is 5. The van der Waals surface area contributed by atoms with Crippen molar-refractivity contribution < 1.29 is 24.6 Å². The highest BCUT2D eigenvalue weighted by Gasteiger charge is 2.11. The van der Waals surface area contributed by atoms with Gasteiger partial charge in [0, 0.05) is 41.4 Å². The highest BCUT2D eigenvalue weighted by atomic mass is 35.5. The second kappa shape index (κ2) is 12.9. The van der Waals surface area contributed by atoms with Gasteiger partial charge >= 0.3 is 11.9 Å². The fraction of sp³-hybridized carbons (Fsp3) is 0.0714. The molecule has 0 aliphatic carbocycles. The van der Waals surface area contributed by atoms with Crippen LogP contribution in [-0.2, 0) is 9.59 Å². The number of carbonyl (C=O) groups is 3. The number of allylic oxidation sites excluding steroid dienone is 3. The monoisotopic (exact) mass is 517 g/mol. The average molecular weight is 518 g/mol. The van der Waals surface area contributed by atoms with Gasteiger partial charge in [0.1, 0.15) is 6.42 Å². The van der Waals surface area contributed by atoms with Gasteiger partial charge in [-0.2, -0.15) is 0 Å². The Balaban J connectivity index is 0.000000233. The van der Waals surface area contributed by atoms with Crippen molar-refractivity contribution in [1.29, 1.82) is 0 Å². The number of hydrogen-bond donors (Lipinski definition) is 3. The molecule has 1 amide bonds. The topological polar surface area (TPSA) is 119 Å². The minimum atomic E-state index is -1.16. The van der Waals surface area contributed by atoms with E-state index in [0.717, 1.165) is 22.5 Å². The maximum Gasteiger partial charge on any atom is 0.335 e. The average Bonchev–Trinajstić information content (AvgIpc) is 2.87. The Labute approximate surface area is 218 Å². The second-order valence-corrected chi connectivity index (χ2v) is 8.26. The van der Waals surface area contributed by atoms with E-state index in [1.807, 2.05) is 37.5 Å². The van der Waals surface area contributed by atoms with E-state index in [-0.39, 0.29) is 5.56 Å². The highest BCUT2D eigenvalue weighted by molar-refractivity contribution is 6.30. The van der Waals surface area contributed by atoms with Crippen molar-refractivity contribution in [3.63, 3.8) is 0 Å². The van der Waals surface area contributed by atoms with Crippen LogP contribution in [0.2, 0.25) is 5.02 Å². The van der Waals surface area contributed by atoms with Crippen molar-refractivity contribution >= 4 is 58.3 Å². The summed E-state index contributed by atoms with van der Waals surface area (Å²) in [6, 6.07) is 21.1. The summed E-state index contributed by atoms with van der Waals surface area (Å²) in [5.74, 6) is -2.65. The van der Waals surface area contributed by atoms with Crippen molar-refractivity contribution in [2.24, 2.45) is 4.99 Å². The van der Waals surface area contributed by atoms with Gasteiger partial charge in [0.15, 0.2) is 0 Å². The molecule has 3 N–H and O–H groups in total. The summed E-state index contributed by atoms with van der Waals surface area (Å²) in [4.78, 5) is 38.4. The number of para-hydroxylation sites is 1. The lowest BCUT2D eigenvalue weighted by atomic mass is 10.0. The predicted molar refractivity (Wildman–Crippen MR) is 146 cm³/mol.